The maximum Gasteiger partial charge on any atom is 0.265 e. The van der Waals surface area contributed by atoms with Crippen molar-refractivity contribution in [2.24, 2.45) is 0 Å². The lowest BCUT2D eigenvalue weighted by atomic mass is 9.97. The predicted molar refractivity (Wildman–Crippen MR) is 179 cm³/mol. The highest BCUT2D eigenvalue weighted by atomic mass is 35.5. The molecule has 3 aromatic carbocycles. The van der Waals surface area contributed by atoms with Gasteiger partial charge in [-0.15, -0.1) is 0 Å². The second kappa shape index (κ2) is 14.4. The first-order valence-corrected chi connectivity index (χ1v) is 16.6. The summed E-state index contributed by atoms with van der Waals surface area (Å²) in [5.74, 6) is -0.205. The maximum atomic E-state index is 13.9. The van der Waals surface area contributed by atoms with Crippen molar-refractivity contribution in [3.8, 4) is 16.9 Å². The van der Waals surface area contributed by atoms with Gasteiger partial charge in [-0.2, -0.15) is 0 Å². The zero-order valence-corrected chi connectivity index (χ0v) is 27.4. The molecule has 1 N–H and O–H groups in total. The van der Waals surface area contributed by atoms with Crippen LogP contribution in [-0.2, 0) is 14.3 Å². The SMILES string of the molecule is CC(C(=O)NC(CN1CCOCC1)c1cccc(-c2cccc(C(=O)N3CCCCC3)c2)c1)N1C(=O)COc2cc(Cl)c(Cl)cc21. The summed E-state index contributed by atoms with van der Waals surface area (Å²) in [4.78, 5) is 45.8. The molecule has 3 heterocycles. The lowest BCUT2D eigenvalue weighted by molar-refractivity contribution is -0.128. The Morgan fingerprint density at radius 2 is 1.59 bits per heavy atom. The Hall–Kier alpha value is -3.63. The molecule has 46 heavy (non-hydrogen) atoms. The van der Waals surface area contributed by atoms with Gasteiger partial charge in [0.15, 0.2) is 6.61 Å². The van der Waals surface area contributed by atoms with E-state index in [1.807, 2.05) is 47.4 Å². The average molecular weight is 666 g/mol. The van der Waals surface area contributed by atoms with E-state index in [1.54, 1.807) is 19.1 Å². The van der Waals surface area contributed by atoms with Gasteiger partial charge in [0.05, 0.1) is 35.0 Å². The van der Waals surface area contributed by atoms with Gasteiger partial charge in [-0.25, -0.2) is 0 Å². The molecule has 2 unspecified atom stereocenters. The lowest BCUT2D eigenvalue weighted by Crippen LogP contribution is -2.53. The third-order valence-corrected chi connectivity index (χ3v) is 9.61. The highest BCUT2D eigenvalue weighted by Gasteiger charge is 2.35. The number of hydrogen-bond acceptors (Lipinski definition) is 6. The van der Waals surface area contributed by atoms with Crippen molar-refractivity contribution in [2.75, 3.05) is 57.4 Å². The van der Waals surface area contributed by atoms with E-state index in [4.69, 9.17) is 32.7 Å². The Kier molecular flexibility index (Phi) is 10.1. The number of ether oxygens (including phenoxy) is 2. The third-order valence-electron chi connectivity index (χ3n) is 8.88. The first-order valence-electron chi connectivity index (χ1n) is 15.8. The van der Waals surface area contributed by atoms with Crippen LogP contribution >= 0.6 is 23.2 Å². The molecule has 0 spiro atoms. The maximum absolute atomic E-state index is 13.9. The average Bonchev–Trinajstić information content (AvgIpc) is 3.09. The molecular weight excluding hydrogens is 627 g/mol. The van der Waals surface area contributed by atoms with Gasteiger partial charge in [-0.1, -0.05) is 53.5 Å². The molecule has 6 rings (SSSR count). The van der Waals surface area contributed by atoms with Gasteiger partial charge in [-0.05, 0) is 67.1 Å². The van der Waals surface area contributed by atoms with Crippen molar-refractivity contribution in [3.63, 3.8) is 0 Å². The van der Waals surface area contributed by atoms with Crippen LogP contribution < -0.4 is 15.0 Å². The molecule has 3 aliphatic heterocycles. The number of likely N-dealkylation sites (tertiary alicyclic amines) is 1. The molecule has 3 aliphatic rings. The van der Waals surface area contributed by atoms with Crippen molar-refractivity contribution in [1.82, 2.24) is 15.1 Å². The van der Waals surface area contributed by atoms with Crippen LogP contribution in [0.25, 0.3) is 11.1 Å². The summed E-state index contributed by atoms with van der Waals surface area (Å²) in [5.41, 5.74) is 3.87. The van der Waals surface area contributed by atoms with Gasteiger partial charge in [0.25, 0.3) is 11.8 Å². The van der Waals surface area contributed by atoms with E-state index in [0.717, 1.165) is 62.1 Å². The summed E-state index contributed by atoms with van der Waals surface area (Å²) in [6, 6.07) is 17.7. The molecule has 9 nitrogen and oxygen atoms in total. The Morgan fingerprint density at radius 1 is 0.891 bits per heavy atom. The zero-order valence-electron chi connectivity index (χ0n) is 25.8. The largest absolute Gasteiger partial charge is 0.482 e. The summed E-state index contributed by atoms with van der Waals surface area (Å²) in [5, 5.41) is 3.80. The number of benzene rings is 3. The second-order valence-electron chi connectivity index (χ2n) is 12.0. The molecule has 3 amide bonds. The molecule has 0 bridgehead atoms. The van der Waals surface area contributed by atoms with Crippen LogP contribution in [0.15, 0.2) is 60.7 Å². The van der Waals surface area contributed by atoms with Crippen molar-refractivity contribution in [3.05, 3.63) is 81.8 Å². The number of nitrogens with zero attached hydrogens (tertiary/aromatic N) is 3. The molecule has 0 aliphatic carbocycles. The molecule has 242 valence electrons. The van der Waals surface area contributed by atoms with E-state index in [1.165, 1.54) is 4.90 Å². The minimum absolute atomic E-state index is 0.0620. The van der Waals surface area contributed by atoms with E-state index < -0.39 is 6.04 Å². The topological polar surface area (TPSA) is 91.4 Å². The van der Waals surface area contributed by atoms with Gasteiger partial charge in [0.2, 0.25) is 5.91 Å². The minimum atomic E-state index is -0.847. The predicted octanol–water partition coefficient (Wildman–Crippen LogP) is 5.59. The number of nitrogens with one attached hydrogen (secondary N) is 1. The van der Waals surface area contributed by atoms with E-state index in [9.17, 15) is 14.4 Å². The Balaban J connectivity index is 1.26. The van der Waals surface area contributed by atoms with Crippen molar-refractivity contribution in [1.29, 1.82) is 0 Å². The third kappa shape index (κ3) is 7.18. The normalized spacial score (nSPS) is 18.4. The smallest absolute Gasteiger partial charge is 0.265 e. The summed E-state index contributed by atoms with van der Waals surface area (Å²) in [7, 11) is 0. The first kappa shape index (κ1) is 32.3. The number of carbonyl (C=O) groups excluding carboxylic acids is 3. The fourth-order valence-corrected chi connectivity index (χ4v) is 6.63. The summed E-state index contributed by atoms with van der Waals surface area (Å²) >= 11 is 12.5. The zero-order chi connectivity index (χ0) is 32.2. The molecular formula is C35H38Cl2N4O5. The fraction of sp³-hybridized carbons (Fsp3) is 0.400. The Bertz CT molecular complexity index is 1610. The van der Waals surface area contributed by atoms with Crippen LogP contribution in [0.5, 0.6) is 5.75 Å². The number of morpholine rings is 1. The van der Waals surface area contributed by atoms with Gasteiger partial charge in [0.1, 0.15) is 11.8 Å². The minimum Gasteiger partial charge on any atom is -0.482 e. The van der Waals surface area contributed by atoms with Crippen molar-refractivity contribution in [2.45, 2.75) is 38.3 Å². The number of rotatable bonds is 8. The van der Waals surface area contributed by atoms with Crippen LogP contribution in [0.1, 0.15) is 48.1 Å². The Labute approximate surface area is 279 Å². The van der Waals surface area contributed by atoms with Gasteiger partial charge < -0.3 is 19.7 Å². The van der Waals surface area contributed by atoms with Crippen molar-refractivity contribution < 1.29 is 23.9 Å². The lowest BCUT2D eigenvalue weighted by Gasteiger charge is -2.35. The monoisotopic (exact) mass is 664 g/mol. The van der Waals surface area contributed by atoms with Crippen LogP contribution in [0.2, 0.25) is 10.0 Å². The van der Waals surface area contributed by atoms with Crippen LogP contribution in [0.3, 0.4) is 0 Å². The van der Waals surface area contributed by atoms with Crippen molar-refractivity contribution >= 4 is 46.6 Å². The van der Waals surface area contributed by atoms with Crippen LogP contribution in [0.4, 0.5) is 5.69 Å². The fourth-order valence-electron chi connectivity index (χ4n) is 6.32. The summed E-state index contributed by atoms with van der Waals surface area (Å²) < 4.78 is 11.2. The van der Waals surface area contributed by atoms with Gasteiger partial charge in [0, 0.05) is 44.4 Å². The molecule has 0 aromatic heterocycles. The number of hydrogen-bond donors (Lipinski definition) is 1. The van der Waals surface area contributed by atoms with E-state index in [0.29, 0.717) is 41.8 Å². The number of amides is 3. The quantitative estimate of drug-likeness (QED) is 0.338. The number of halogens is 2. The molecule has 11 heteroatoms. The van der Waals surface area contributed by atoms with E-state index in [2.05, 4.69) is 16.3 Å². The number of carbonyl (C=O) groups is 3. The van der Waals surface area contributed by atoms with Gasteiger partial charge >= 0.3 is 0 Å². The standard InChI is InChI=1S/C35H38Cl2N4O5/c1-23(41-31-19-28(36)29(37)20-32(31)46-22-33(41)42)34(43)38-30(21-39-13-15-45-16-14-39)26-9-5-7-24(17-26)25-8-6-10-27(18-25)35(44)40-11-3-2-4-12-40/h5-10,17-20,23,30H,2-4,11-16,21-22H2,1H3,(H,38,43). The van der Waals surface area contributed by atoms with Gasteiger partial charge in [-0.3, -0.25) is 24.2 Å². The molecule has 0 saturated carbocycles. The molecule has 3 aromatic rings. The highest BCUT2D eigenvalue weighted by Crippen LogP contribution is 2.40. The van der Waals surface area contributed by atoms with E-state index >= 15 is 0 Å². The number of anilines is 1. The molecule has 0 radical (unpaired) electrons. The Morgan fingerprint density at radius 3 is 2.35 bits per heavy atom. The number of piperidine rings is 1. The highest BCUT2D eigenvalue weighted by molar-refractivity contribution is 6.42. The summed E-state index contributed by atoms with van der Waals surface area (Å²) in [6.45, 7) is 6.37. The van der Waals surface area contributed by atoms with E-state index in [-0.39, 0.29) is 35.4 Å². The molecule has 2 saturated heterocycles. The molecule has 2 fully saturated rings. The molecule has 2 atom stereocenters. The first-order chi connectivity index (χ1) is 22.3. The summed E-state index contributed by atoms with van der Waals surface area (Å²) in [6.07, 6.45) is 3.24. The van der Waals surface area contributed by atoms with Crippen LogP contribution in [0, 0.1) is 0 Å². The number of fused-ring (bicyclic) bond motifs is 1. The second-order valence-corrected chi connectivity index (χ2v) is 12.8. The van der Waals surface area contributed by atoms with Crippen LogP contribution in [-0.4, -0.2) is 86.1 Å².